The highest BCUT2D eigenvalue weighted by Crippen LogP contribution is 2.15. The van der Waals surface area contributed by atoms with Gasteiger partial charge in [-0.2, -0.15) is 5.10 Å². The van der Waals surface area contributed by atoms with Gasteiger partial charge >= 0.3 is 12.0 Å². The molecule has 2 atom stereocenters. The van der Waals surface area contributed by atoms with E-state index in [1.807, 2.05) is 0 Å². The second-order valence-corrected chi connectivity index (χ2v) is 5.14. The van der Waals surface area contributed by atoms with Crippen LogP contribution in [0.2, 0.25) is 0 Å². The summed E-state index contributed by atoms with van der Waals surface area (Å²) in [6.07, 6.45) is 4.83. The van der Waals surface area contributed by atoms with Crippen LogP contribution in [-0.2, 0) is 16.6 Å². The van der Waals surface area contributed by atoms with Crippen LogP contribution in [-0.4, -0.2) is 46.6 Å². The number of carboxylic acids is 1. The molecule has 0 spiro atoms. The number of rotatable bonds is 6. The van der Waals surface area contributed by atoms with Gasteiger partial charge in [-0.05, 0) is 18.8 Å². The first-order valence-corrected chi connectivity index (χ1v) is 6.89. The van der Waals surface area contributed by atoms with Crippen LogP contribution in [0.5, 0.6) is 0 Å². The molecule has 21 heavy (non-hydrogen) atoms. The van der Waals surface area contributed by atoms with Crippen LogP contribution in [0, 0.1) is 5.92 Å². The van der Waals surface area contributed by atoms with E-state index < -0.39 is 18.0 Å². The number of ether oxygens (including phenoxy) is 1. The van der Waals surface area contributed by atoms with Crippen LogP contribution in [0.25, 0.3) is 0 Å². The van der Waals surface area contributed by atoms with Gasteiger partial charge in [-0.1, -0.05) is 0 Å². The molecule has 8 nitrogen and oxygen atoms in total. The predicted octanol–water partition coefficient (Wildman–Crippen LogP) is 0.272. The molecule has 1 saturated heterocycles. The number of urea groups is 1. The molecule has 1 aromatic heterocycles. The maximum atomic E-state index is 11.8. The van der Waals surface area contributed by atoms with Gasteiger partial charge in [0.05, 0.1) is 6.20 Å². The number of aromatic nitrogens is 2. The number of hydrogen-bond donors (Lipinski definition) is 3. The van der Waals surface area contributed by atoms with Crippen LogP contribution in [0.1, 0.15) is 24.4 Å². The molecule has 3 N–H and O–H groups in total. The summed E-state index contributed by atoms with van der Waals surface area (Å²) in [4.78, 5) is 23.0. The summed E-state index contributed by atoms with van der Waals surface area (Å²) in [5, 5.41) is 18.2. The van der Waals surface area contributed by atoms with Gasteiger partial charge in [0, 0.05) is 38.6 Å². The van der Waals surface area contributed by atoms with E-state index in [0.717, 1.165) is 26.1 Å². The lowest BCUT2D eigenvalue weighted by Crippen LogP contribution is -2.41. The zero-order valence-corrected chi connectivity index (χ0v) is 11.9. The van der Waals surface area contributed by atoms with E-state index in [1.54, 1.807) is 13.2 Å². The summed E-state index contributed by atoms with van der Waals surface area (Å²) < 4.78 is 6.75. The molecular formula is C13H20N4O4. The monoisotopic (exact) mass is 296 g/mol. The van der Waals surface area contributed by atoms with E-state index in [0.29, 0.717) is 18.0 Å². The quantitative estimate of drug-likeness (QED) is 0.699. The number of aliphatic carboxylic acids is 1. The van der Waals surface area contributed by atoms with Gasteiger partial charge < -0.3 is 20.5 Å². The maximum Gasteiger partial charge on any atom is 0.331 e. The second kappa shape index (κ2) is 7.07. The van der Waals surface area contributed by atoms with Gasteiger partial charge in [0.1, 0.15) is 0 Å². The number of nitrogens with zero attached hydrogens (tertiary/aromatic N) is 2. The largest absolute Gasteiger partial charge is 0.479 e. The molecule has 0 aromatic carbocycles. The molecule has 116 valence electrons. The van der Waals surface area contributed by atoms with Gasteiger partial charge in [0.15, 0.2) is 6.04 Å². The summed E-state index contributed by atoms with van der Waals surface area (Å²) in [5.74, 6) is -0.652. The number of nitrogens with one attached hydrogen (secondary N) is 2. The standard InChI is InChI=1S/C13H20N4O4/c1-17-7-10(6-15-17)11(12(18)19)16-13(20)14-4-2-9-3-5-21-8-9/h6-7,9,11H,2-5,8H2,1H3,(H,18,19)(H2,14,16,20). The van der Waals surface area contributed by atoms with Gasteiger partial charge in [-0.25, -0.2) is 9.59 Å². The zero-order chi connectivity index (χ0) is 15.2. The molecule has 2 rings (SSSR count). The van der Waals surface area contributed by atoms with E-state index in [1.165, 1.54) is 10.9 Å². The van der Waals surface area contributed by atoms with Crippen molar-refractivity contribution in [3.63, 3.8) is 0 Å². The topological polar surface area (TPSA) is 105 Å². The Bertz CT molecular complexity index is 496. The Balaban J connectivity index is 1.79. The average molecular weight is 296 g/mol. The van der Waals surface area contributed by atoms with E-state index in [4.69, 9.17) is 4.74 Å². The van der Waals surface area contributed by atoms with Crippen molar-refractivity contribution in [1.29, 1.82) is 0 Å². The Morgan fingerprint density at radius 1 is 1.62 bits per heavy atom. The summed E-state index contributed by atoms with van der Waals surface area (Å²) >= 11 is 0. The highest BCUT2D eigenvalue weighted by atomic mass is 16.5. The van der Waals surface area contributed by atoms with Gasteiger partial charge in [-0.15, -0.1) is 0 Å². The number of aryl methyl sites for hydroxylation is 1. The van der Waals surface area contributed by atoms with E-state index >= 15 is 0 Å². The number of hydrogen-bond acceptors (Lipinski definition) is 4. The SMILES string of the molecule is Cn1cc(C(NC(=O)NCCC2CCOC2)C(=O)O)cn1. The molecule has 8 heteroatoms. The molecule has 2 amide bonds. The van der Waals surface area contributed by atoms with Crippen LogP contribution in [0.3, 0.4) is 0 Å². The number of amides is 2. The van der Waals surface area contributed by atoms with E-state index in [9.17, 15) is 14.7 Å². The summed E-state index contributed by atoms with van der Waals surface area (Å²) in [6.45, 7) is 2.01. The third-order valence-electron chi connectivity index (χ3n) is 3.44. The first kappa shape index (κ1) is 15.3. The Morgan fingerprint density at radius 2 is 2.43 bits per heavy atom. The van der Waals surface area contributed by atoms with Crippen LogP contribution >= 0.6 is 0 Å². The van der Waals surface area contributed by atoms with Gasteiger partial charge in [-0.3, -0.25) is 4.68 Å². The number of carbonyl (C=O) groups is 2. The molecule has 0 radical (unpaired) electrons. The molecule has 1 fully saturated rings. The summed E-state index contributed by atoms with van der Waals surface area (Å²) in [7, 11) is 1.69. The van der Waals surface area contributed by atoms with Gasteiger partial charge in [0.2, 0.25) is 0 Å². The molecule has 1 aromatic rings. The molecule has 0 aliphatic carbocycles. The van der Waals surface area contributed by atoms with Crippen molar-refractivity contribution in [3.8, 4) is 0 Å². The first-order valence-electron chi connectivity index (χ1n) is 6.89. The van der Waals surface area contributed by atoms with Crippen LogP contribution in [0.4, 0.5) is 4.79 Å². The fraction of sp³-hybridized carbons (Fsp3) is 0.615. The third-order valence-corrected chi connectivity index (χ3v) is 3.44. The van der Waals surface area contributed by atoms with Crippen molar-refractivity contribution in [2.75, 3.05) is 19.8 Å². The fourth-order valence-electron chi connectivity index (χ4n) is 2.26. The van der Waals surface area contributed by atoms with Crippen molar-refractivity contribution >= 4 is 12.0 Å². The molecule has 1 aliphatic heterocycles. The van der Waals surface area contributed by atoms with E-state index in [-0.39, 0.29) is 0 Å². The average Bonchev–Trinajstić information content (AvgIpc) is 3.07. The van der Waals surface area contributed by atoms with Crippen molar-refractivity contribution in [3.05, 3.63) is 18.0 Å². The van der Waals surface area contributed by atoms with E-state index in [2.05, 4.69) is 15.7 Å². The smallest absolute Gasteiger partial charge is 0.331 e. The van der Waals surface area contributed by atoms with Crippen LogP contribution in [0.15, 0.2) is 12.4 Å². The lowest BCUT2D eigenvalue weighted by atomic mass is 10.1. The lowest BCUT2D eigenvalue weighted by molar-refractivity contribution is -0.139. The third kappa shape index (κ3) is 4.45. The number of carboxylic acid groups (broad SMARTS) is 1. The summed E-state index contributed by atoms with van der Waals surface area (Å²) in [5.41, 5.74) is 0.435. The highest BCUT2D eigenvalue weighted by Gasteiger charge is 2.23. The Hall–Kier alpha value is -2.09. The van der Waals surface area contributed by atoms with Crippen molar-refractivity contribution in [2.24, 2.45) is 13.0 Å². The highest BCUT2D eigenvalue weighted by molar-refractivity contribution is 5.83. The molecule has 0 bridgehead atoms. The molecule has 2 heterocycles. The fourth-order valence-corrected chi connectivity index (χ4v) is 2.26. The molecular weight excluding hydrogens is 276 g/mol. The van der Waals surface area contributed by atoms with Gasteiger partial charge in [0.25, 0.3) is 0 Å². The van der Waals surface area contributed by atoms with Crippen LogP contribution < -0.4 is 10.6 Å². The minimum absolute atomic E-state index is 0.435. The zero-order valence-electron chi connectivity index (χ0n) is 11.9. The minimum atomic E-state index is -1.12. The Morgan fingerprint density at radius 3 is 3.00 bits per heavy atom. The molecule has 0 saturated carbocycles. The first-order chi connectivity index (χ1) is 10.1. The van der Waals surface area contributed by atoms with Crippen molar-refractivity contribution in [2.45, 2.75) is 18.9 Å². The normalized spacial score (nSPS) is 19.2. The Kier molecular flexibility index (Phi) is 5.15. The number of carbonyl (C=O) groups excluding carboxylic acids is 1. The molecule has 2 unspecified atom stereocenters. The lowest BCUT2D eigenvalue weighted by Gasteiger charge is -2.14. The Labute approximate surface area is 122 Å². The molecule has 1 aliphatic rings. The minimum Gasteiger partial charge on any atom is -0.479 e. The van der Waals surface area contributed by atoms with Crippen molar-refractivity contribution < 1.29 is 19.4 Å². The second-order valence-electron chi connectivity index (χ2n) is 5.14. The maximum absolute atomic E-state index is 11.8. The predicted molar refractivity (Wildman–Crippen MR) is 73.7 cm³/mol. The summed E-state index contributed by atoms with van der Waals surface area (Å²) in [6, 6.07) is -1.60. The van der Waals surface area contributed by atoms with Crippen molar-refractivity contribution in [1.82, 2.24) is 20.4 Å².